The molecule has 3 rings (SSSR count). The van der Waals surface area contributed by atoms with E-state index in [2.05, 4.69) is 15.9 Å². The number of hydrogen-bond acceptors (Lipinski definition) is 3. The number of amides is 1. The number of nitrogen functional groups attached to an aromatic ring is 1. The summed E-state index contributed by atoms with van der Waals surface area (Å²) in [5, 5.41) is 0.968. The Morgan fingerprint density at radius 2 is 2.25 bits per heavy atom. The Hall–Kier alpha value is -1.07. The number of thiophene rings is 1. The van der Waals surface area contributed by atoms with Crippen LogP contribution in [0.2, 0.25) is 0 Å². The van der Waals surface area contributed by atoms with Crippen LogP contribution in [0.15, 0.2) is 22.7 Å². The number of carbonyl (C=O) groups excluding carboxylic acids is 1. The van der Waals surface area contributed by atoms with Crippen molar-refractivity contribution in [3.05, 3.63) is 27.5 Å². The zero-order valence-corrected chi connectivity index (χ0v) is 13.8. The molecule has 1 saturated carbocycles. The summed E-state index contributed by atoms with van der Waals surface area (Å²) in [5.74, 6) is 0.776. The maximum absolute atomic E-state index is 12.7. The molecule has 1 amide bonds. The van der Waals surface area contributed by atoms with Crippen LogP contribution < -0.4 is 5.73 Å². The number of nitrogens with two attached hydrogens (primary N) is 1. The molecule has 1 aromatic heterocycles. The van der Waals surface area contributed by atoms with Crippen LogP contribution in [0.4, 0.5) is 5.69 Å². The molecule has 1 heterocycles. The van der Waals surface area contributed by atoms with Crippen LogP contribution in [0.5, 0.6) is 0 Å². The first-order valence-electron chi connectivity index (χ1n) is 6.87. The van der Waals surface area contributed by atoms with E-state index in [0.717, 1.165) is 27.6 Å². The molecule has 2 N–H and O–H groups in total. The molecule has 0 spiro atoms. The van der Waals surface area contributed by atoms with Crippen LogP contribution in [-0.2, 0) is 0 Å². The minimum Gasteiger partial charge on any atom is -0.397 e. The quantitative estimate of drug-likeness (QED) is 0.899. The minimum absolute atomic E-state index is 0.0780. The molecule has 0 bridgehead atoms. The van der Waals surface area contributed by atoms with E-state index in [0.29, 0.717) is 16.5 Å². The second-order valence-corrected chi connectivity index (χ2v) is 7.24. The number of nitrogens with zero attached hydrogens (tertiary/aromatic N) is 1. The molecular weight excluding hydrogens is 336 g/mol. The fourth-order valence-electron chi connectivity index (χ4n) is 2.36. The topological polar surface area (TPSA) is 46.3 Å². The predicted octanol–water partition coefficient (Wildman–Crippen LogP) is 4.12. The highest BCUT2D eigenvalue weighted by Crippen LogP contribution is 2.37. The van der Waals surface area contributed by atoms with E-state index >= 15 is 0 Å². The second kappa shape index (κ2) is 5.37. The van der Waals surface area contributed by atoms with E-state index in [1.165, 1.54) is 24.2 Å². The van der Waals surface area contributed by atoms with E-state index in [-0.39, 0.29) is 5.91 Å². The number of halogens is 1. The molecule has 0 aliphatic heterocycles. The Kier molecular flexibility index (Phi) is 3.73. The lowest BCUT2D eigenvalue weighted by atomic mass is 10.2. The summed E-state index contributed by atoms with van der Waals surface area (Å²) in [4.78, 5) is 15.3. The number of anilines is 1. The molecule has 1 aliphatic carbocycles. The van der Waals surface area contributed by atoms with Crippen molar-refractivity contribution in [3.63, 3.8) is 0 Å². The standard InChI is InChI=1S/C15H17BrN2OS/c1-2-18(8-9-3-4-9)15(19)14-13(17)11-7-10(16)5-6-12(11)20-14/h5-7,9H,2-4,8,17H2,1H3. The second-order valence-electron chi connectivity index (χ2n) is 5.27. The Labute approximate surface area is 130 Å². The van der Waals surface area contributed by atoms with Gasteiger partial charge < -0.3 is 10.6 Å². The van der Waals surface area contributed by atoms with E-state index in [1.54, 1.807) is 0 Å². The summed E-state index contributed by atoms with van der Waals surface area (Å²) in [6, 6.07) is 5.97. The van der Waals surface area contributed by atoms with E-state index < -0.39 is 0 Å². The fourth-order valence-corrected chi connectivity index (χ4v) is 3.79. The predicted molar refractivity (Wildman–Crippen MR) is 88.2 cm³/mol. The Morgan fingerprint density at radius 3 is 2.90 bits per heavy atom. The van der Waals surface area contributed by atoms with E-state index in [4.69, 9.17) is 5.73 Å². The van der Waals surface area contributed by atoms with Gasteiger partial charge in [-0.25, -0.2) is 0 Å². The molecule has 0 unspecified atom stereocenters. The fraction of sp³-hybridized carbons (Fsp3) is 0.400. The molecule has 20 heavy (non-hydrogen) atoms. The summed E-state index contributed by atoms with van der Waals surface area (Å²) in [5.41, 5.74) is 6.81. The highest BCUT2D eigenvalue weighted by atomic mass is 79.9. The summed E-state index contributed by atoms with van der Waals surface area (Å²) >= 11 is 4.95. The smallest absolute Gasteiger partial charge is 0.266 e. The van der Waals surface area contributed by atoms with Crippen LogP contribution in [0.3, 0.4) is 0 Å². The van der Waals surface area contributed by atoms with Gasteiger partial charge in [0.1, 0.15) is 4.88 Å². The molecular formula is C15H17BrN2OS. The largest absolute Gasteiger partial charge is 0.397 e. The molecule has 5 heteroatoms. The number of rotatable bonds is 4. The van der Waals surface area contributed by atoms with Gasteiger partial charge in [0, 0.05) is 27.6 Å². The normalized spacial score (nSPS) is 14.7. The van der Waals surface area contributed by atoms with Crippen molar-refractivity contribution in [3.8, 4) is 0 Å². The number of hydrogen-bond donors (Lipinski definition) is 1. The molecule has 106 valence electrons. The first-order chi connectivity index (χ1) is 9.60. The molecule has 1 fully saturated rings. The van der Waals surface area contributed by atoms with Crippen molar-refractivity contribution in [2.75, 3.05) is 18.8 Å². The van der Waals surface area contributed by atoms with Crippen LogP contribution in [0.1, 0.15) is 29.4 Å². The SMILES string of the molecule is CCN(CC1CC1)C(=O)c1sc2ccc(Br)cc2c1N. The number of carbonyl (C=O) groups is 1. The van der Waals surface area contributed by atoms with E-state index in [1.807, 2.05) is 30.0 Å². The van der Waals surface area contributed by atoms with Gasteiger partial charge in [-0.2, -0.15) is 0 Å². The van der Waals surface area contributed by atoms with Crippen LogP contribution in [-0.4, -0.2) is 23.9 Å². The van der Waals surface area contributed by atoms with Gasteiger partial charge in [0.15, 0.2) is 0 Å². The minimum atomic E-state index is 0.0780. The Balaban J connectivity index is 1.95. The van der Waals surface area contributed by atoms with Gasteiger partial charge in [0.25, 0.3) is 5.91 Å². The van der Waals surface area contributed by atoms with Gasteiger partial charge >= 0.3 is 0 Å². The van der Waals surface area contributed by atoms with Crippen molar-refractivity contribution in [1.29, 1.82) is 0 Å². The van der Waals surface area contributed by atoms with Crippen molar-refractivity contribution in [1.82, 2.24) is 4.90 Å². The van der Waals surface area contributed by atoms with Crippen molar-refractivity contribution < 1.29 is 4.79 Å². The molecule has 0 saturated heterocycles. The van der Waals surface area contributed by atoms with Gasteiger partial charge in [-0.3, -0.25) is 4.79 Å². The van der Waals surface area contributed by atoms with Crippen molar-refractivity contribution in [2.24, 2.45) is 5.92 Å². The molecule has 3 nitrogen and oxygen atoms in total. The number of benzene rings is 1. The third-order valence-electron chi connectivity index (χ3n) is 3.73. The van der Waals surface area contributed by atoms with Gasteiger partial charge in [-0.15, -0.1) is 11.3 Å². The number of fused-ring (bicyclic) bond motifs is 1. The maximum Gasteiger partial charge on any atom is 0.266 e. The summed E-state index contributed by atoms with van der Waals surface area (Å²) in [6.07, 6.45) is 2.50. The molecule has 0 atom stereocenters. The van der Waals surface area contributed by atoms with Crippen LogP contribution >= 0.6 is 27.3 Å². The Bertz CT molecular complexity index is 663. The highest BCUT2D eigenvalue weighted by Gasteiger charge is 2.28. The van der Waals surface area contributed by atoms with Crippen molar-refractivity contribution >= 4 is 48.9 Å². The van der Waals surface area contributed by atoms with Crippen molar-refractivity contribution in [2.45, 2.75) is 19.8 Å². The first-order valence-corrected chi connectivity index (χ1v) is 8.48. The lowest BCUT2D eigenvalue weighted by molar-refractivity contribution is 0.0763. The maximum atomic E-state index is 12.7. The first kappa shape index (κ1) is 13.9. The summed E-state index contributed by atoms with van der Waals surface area (Å²) < 4.78 is 2.05. The van der Waals surface area contributed by atoms with Gasteiger partial charge in [0.05, 0.1) is 5.69 Å². The van der Waals surface area contributed by atoms with Gasteiger partial charge in [-0.05, 0) is 43.9 Å². The van der Waals surface area contributed by atoms with Crippen LogP contribution in [0, 0.1) is 5.92 Å². The molecule has 0 radical (unpaired) electrons. The lowest BCUT2D eigenvalue weighted by Gasteiger charge is -2.20. The average Bonchev–Trinajstić information content (AvgIpc) is 3.20. The third-order valence-corrected chi connectivity index (χ3v) is 5.39. The lowest BCUT2D eigenvalue weighted by Crippen LogP contribution is -2.32. The summed E-state index contributed by atoms with van der Waals surface area (Å²) in [7, 11) is 0. The third kappa shape index (κ3) is 2.56. The monoisotopic (exact) mass is 352 g/mol. The highest BCUT2D eigenvalue weighted by molar-refractivity contribution is 9.10. The molecule has 2 aromatic rings. The Morgan fingerprint density at radius 1 is 1.50 bits per heavy atom. The zero-order valence-electron chi connectivity index (χ0n) is 11.4. The zero-order chi connectivity index (χ0) is 14.3. The van der Waals surface area contributed by atoms with Gasteiger partial charge in [0.2, 0.25) is 0 Å². The van der Waals surface area contributed by atoms with Crippen LogP contribution in [0.25, 0.3) is 10.1 Å². The van der Waals surface area contributed by atoms with E-state index in [9.17, 15) is 4.79 Å². The molecule has 1 aliphatic rings. The average molecular weight is 353 g/mol. The molecule has 1 aromatic carbocycles. The van der Waals surface area contributed by atoms with Gasteiger partial charge in [-0.1, -0.05) is 15.9 Å². The summed E-state index contributed by atoms with van der Waals surface area (Å²) in [6.45, 7) is 3.64.